The molecule has 1 saturated heterocycles. The molecular formula is C18H20ClFN4O. The summed E-state index contributed by atoms with van der Waals surface area (Å²) < 4.78 is 13.7. The van der Waals surface area contributed by atoms with Gasteiger partial charge in [-0.1, -0.05) is 29.8 Å². The van der Waals surface area contributed by atoms with E-state index in [9.17, 15) is 9.18 Å². The molecule has 132 valence electrons. The number of nitrogens with two attached hydrogens (primary N) is 1. The van der Waals surface area contributed by atoms with Gasteiger partial charge in [0.1, 0.15) is 11.6 Å². The fraction of sp³-hybridized carbons (Fsp3) is 0.333. The molecule has 0 atom stereocenters. The van der Waals surface area contributed by atoms with Crippen LogP contribution in [-0.2, 0) is 6.54 Å². The van der Waals surface area contributed by atoms with E-state index in [0.29, 0.717) is 17.4 Å². The van der Waals surface area contributed by atoms with Gasteiger partial charge in [-0.15, -0.1) is 0 Å². The van der Waals surface area contributed by atoms with Crippen molar-refractivity contribution < 1.29 is 9.18 Å². The maximum absolute atomic E-state index is 13.7. The van der Waals surface area contributed by atoms with Gasteiger partial charge in [0, 0.05) is 37.4 Å². The number of pyridine rings is 1. The van der Waals surface area contributed by atoms with Crippen LogP contribution in [0.25, 0.3) is 0 Å². The minimum Gasteiger partial charge on any atom is -0.366 e. The summed E-state index contributed by atoms with van der Waals surface area (Å²) in [6.07, 6.45) is 3.23. The monoisotopic (exact) mass is 362 g/mol. The number of rotatable bonds is 5. The number of carbonyl (C=O) groups excluding carboxylic acids is 1. The molecule has 1 aliphatic heterocycles. The number of aromatic nitrogens is 1. The molecule has 7 heteroatoms. The van der Waals surface area contributed by atoms with Gasteiger partial charge in [0.05, 0.1) is 10.6 Å². The van der Waals surface area contributed by atoms with E-state index in [-0.39, 0.29) is 17.4 Å². The molecule has 1 fully saturated rings. The summed E-state index contributed by atoms with van der Waals surface area (Å²) in [6, 6.07) is 8.63. The quantitative estimate of drug-likeness (QED) is 0.857. The average molecular weight is 363 g/mol. The van der Waals surface area contributed by atoms with Gasteiger partial charge in [0.15, 0.2) is 0 Å². The number of halogens is 2. The molecule has 3 N–H and O–H groups in total. The third kappa shape index (κ3) is 4.46. The number of benzene rings is 1. The summed E-state index contributed by atoms with van der Waals surface area (Å²) in [5.74, 6) is -0.158. The molecule has 0 spiro atoms. The molecule has 0 unspecified atom stereocenters. The molecule has 1 aromatic heterocycles. The molecule has 3 rings (SSSR count). The summed E-state index contributed by atoms with van der Waals surface area (Å²) in [7, 11) is 0. The van der Waals surface area contributed by atoms with Gasteiger partial charge < -0.3 is 11.1 Å². The van der Waals surface area contributed by atoms with Crippen LogP contribution < -0.4 is 11.1 Å². The van der Waals surface area contributed by atoms with E-state index < -0.39 is 5.91 Å². The number of likely N-dealkylation sites (tertiary alicyclic amines) is 1. The van der Waals surface area contributed by atoms with Gasteiger partial charge in [0.2, 0.25) is 5.91 Å². The zero-order chi connectivity index (χ0) is 17.8. The van der Waals surface area contributed by atoms with Crippen molar-refractivity contribution in [1.29, 1.82) is 0 Å². The highest BCUT2D eigenvalue weighted by atomic mass is 35.5. The SMILES string of the molecule is NC(=O)c1cnc(NC2CCN(Cc3ccccc3F)CC2)c(Cl)c1. The lowest BCUT2D eigenvalue weighted by Crippen LogP contribution is -2.39. The Balaban J connectivity index is 1.54. The molecule has 2 heterocycles. The van der Waals surface area contributed by atoms with E-state index in [1.165, 1.54) is 18.3 Å². The normalized spacial score (nSPS) is 15.9. The predicted molar refractivity (Wildman–Crippen MR) is 96.1 cm³/mol. The first-order valence-electron chi connectivity index (χ1n) is 8.20. The predicted octanol–water partition coefficient (Wildman–Crippen LogP) is 3.05. The van der Waals surface area contributed by atoms with Crippen molar-refractivity contribution in [3.63, 3.8) is 0 Å². The fourth-order valence-corrected chi connectivity index (χ4v) is 3.20. The fourth-order valence-electron chi connectivity index (χ4n) is 2.98. The largest absolute Gasteiger partial charge is 0.366 e. The minimum absolute atomic E-state index is 0.159. The summed E-state index contributed by atoms with van der Waals surface area (Å²) in [5.41, 5.74) is 6.23. The van der Waals surface area contributed by atoms with E-state index in [4.69, 9.17) is 17.3 Å². The second-order valence-electron chi connectivity index (χ2n) is 6.20. The Morgan fingerprint density at radius 3 is 2.72 bits per heavy atom. The van der Waals surface area contributed by atoms with E-state index in [0.717, 1.165) is 31.5 Å². The highest BCUT2D eigenvalue weighted by molar-refractivity contribution is 6.33. The number of hydrogen-bond donors (Lipinski definition) is 2. The van der Waals surface area contributed by atoms with Gasteiger partial charge in [0.25, 0.3) is 0 Å². The number of carbonyl (C=O) groups is 1. The molecule has 0 aliphatic carbocycles. The molecule has 1 aromatic carbocycles. The lowest BCUT2D eigenvalue weighted by molar-refractivity contribution is 0.1000. The molecule has 1 amide bonds. The van der Waals surface area contributed by atoms with Gasteiger partial charge in [-0.05, 0) is 25.0 Å². The van der Waals surface area contributed by atoms with Crippen molar-refractivity contribution >= 4 is 23.3 Å². The first-order chi connectivity index (χ1) is 12.0. The summed E-state index contributed by atoms with van der Waals surface area (Å²) in [6.45, 7) is 2.34. The van der Waals surface area contributed by atoms with Crippen molar-refractivity contribution in [2.45, 2.75) is 25.4 Å². The third-order valence-corrected chi connectivity index (χ3v) is 4.69. The average Bonchev–Trinajstić information content (AvgIpc) is 2.60. The molecule has 5 nitrogen and oxygen atoms in total. The zero-order valence-corrected chi connectivity index (χ0v) is 14.5. The van der Waals surface area contributed by atoms with Gasteiger partial charge in [-0.2, -0.15) is 0 Å². The Morgan fingerprint density at radius 1 is 1.36 bits per heavy atom. The van der Waals surface area contributed by atoms with Crippen molar-refractivity contribution in [1.82, 2.24) is 9.88 Å². The summed E-state index contributed by atoms with van der Waals surface area (Å²) in [4.78, 5) is 17.6. The molecule has 0 saturated carbocycles. The summed E-state index contributed by atoms with van der Waals surface area (Å²) >= 11 is 6.16. The Morgan fingerprint density at radius 2 is 2.08 bits per heavy atom. The van der Waals surface area contributed by atoms with Crippen LogP contribution in [0.4, 0.5) is 10.2 Å². The Kier molecular flexibility index (Phi) is 5.50. The Hall–Kier alpha value is -2.18. The number of nitrogens with one attached hydrogen (secondary N) is 1. The Labute approximate surface area is 151 Å². The van der Waals surface area contributed by atoms with Crippen LogP contribution in [0, 0.1) is 5.82 Å². The van der Waals surface area contributed by atoms with Crippen LogP contribution in [0.3, 0.4) is 0 Å². The number of nitrogens with zero attached hydrogens (tertiary/aromatic N) is 2. The zero-order valence-electron chi connectivity index (χ0n) is 13.7. The smallest absolute Gasteiger partial charge is 0.250 e. The number of hydrogen-bond acceptors (Lipinski definition) is 4. The molecule has 0 bridgehead atoms. The van der Waals surface area contributed by atoms with Crippen LogP contribution in [0.2, 0.25) is 5.02 Å². The first-order valence-corrected chi connectivity index (χ1v) is 8.58. The Bertz CT molecular complexity index is 762. The molecule has 0 radical (unpaired) electrons. The topological polar surface area (TPSA) is 71.2 Å². The maximum Gasteiger partial charge on any atom is 0.250 e. The summed E-state index contributed by atoms with van der Waals surface area (Å²) in [5, 5.41) is 3.69. The number of anilines is 1. The minimum atomic E-state index is -0.553. The maximum atomic E-state index is 13.7. The van der Waals surface area contributed by atoms with E-state index in [1.807, 2.05) is 12.1 Å². The number of primary amides is 1. The van der Waals surface area contributed by atoms with E-state index in [1.54, 1.807) is 6.07 Å². The van der Waals surface area contributed by atoms with E-state index >= 15 is 0 Å². The lowest BCUT2D eigenvalue weighted by Gasteiger charge is -2.32. The van der Waals surface area contributed by atoms with Crippen LogP contribution in [0.5, 0.6) is 0 Å². The molecule has 2 aromatic rings. The number of piperidine rings is 1. The van der Waals surface area contributed by atoms with Crippen molar-refractivity contribution in [3.05, 3.63) is 58.5 Å². The molecule has 25 heavy (non-hydrogen) atoms. The highest BCUT2D eigenvalue weighted by Crippen LogP contribution is 2.24. The van der Waals surface area contributed by atoms with Crippen LogP contribution in [0.15, 0.2) is 36.5 Å². The molecular weight excluding hydrogens is 343 g/mol. The second kappa shape index (κ2) is 7.80. The molecule has 1 aliphatic rings. The van der Waals surface area contributed by atoms with Gasteiger partial charge >= 0.3 is 0 Å². The second-order valence-corrected chi connectivity index (χ2v) is 6.61. The highest BCUT2D eigenvalue weighted by Gasteiger charge is 2.21. The van der Waals surface area contributed by atoms with Crippen molar-refractivity contribution in [2.75, 3.05) is 18.4 Å². The first kappa shape index (κ1) is 17.6. The van der Waals surface area contributed by atoms with Crippen LogP contribution in [-0.4, -0.2) is 34.9 Å². The van der Waals surface area contributed by atoms with Crippen molar-refractivity contribution in [2.24, 2.45) is 5.73 Å². The van der Waals surface area contributed by atoms with E-state index in [2.05, 4.69) is 15.2 Å². The van der Waals surface area contributed by atoms with Crippen LogP contribution >= 0.6 is 11.6 Å². The van der Waals surface area contributed by atoms with Gasteiger partial charge in [-0.25, -0.2) is 9.37 Å². The van der Waals surface area contributed by atoms with Crippen molar-refractivity contribution in [3.8, 4) is 0 Å². The van der Waals surface area contributed by atoms with Gasteiger partial charge in [-0.3, -0.25) is 9.69 Å². The lowest BCUT2D eigenvalue weighted by atomic mass is 10.0. The van der Waals surface area contributed by atoms with Crippen LogP contribution in [0.1, 0.15) is 28.8 Å². The third-order valence-electron chi connectivity index (χ3n) is 4.41. The standard InChI is InChI=1S/C18H20ClFN4O/c19-15-9-13(17(21)25)10-22-18(15)23-14-5-7-24(8-6-14)11-12-3-1-2-4-16(12)20/h1-4,9-10,14H,5-8,11H2,(H2,21,25)(H,22,23). The number of amides is 1.